The lowest BCUT2D eigenvalue weighted by atomic mass is 9.84. The van der Waals surface area contributed by atoms with E-state index in [9.17, 15) is 14.4 Å². The molecule has 2 rings (SSSR count). The number of hydrogen-bond donors (Lipinski definition) is 1. The molecule has 0 spiro atoms. The molecule has 0 radical (unpaired) electrons. The summed E-state index contributed by atoms with van der Waals surface area (Å²) in [6, 6.07) is -1.10. The number of amides is 2. The van der Waals surface area contributed by atoms with Crippen molar-refractivity contribution in [2.75, 3.05) is 27.2 Å². The van der Waals surface area contributed by atoms with Crippen molar-refractivity contribution in [1.82, 2.24) is 15.1 Å². The quantitative estimate of drug-likeness (QED) is 0.468. The number of fused-ring (bicyclic) bond motifs is 1. The summed E-state index contributed by atoms with van der Waals surface area (Å²) in [5.74, 6) is 0.528. The highest BCUT2D eigenvalue weighted by Crippen LogP contribution is 2.49. The smallest absolute Gasteiger partial charge is 0.333 e. The molecular formula is C24H41N3O4. The molecule has 2 aliphatic rings. The first-order valence-corrected chi connectivity index (χ1v) is 11.4. The number of rotatable bonds is 8. The summed E-state index contributed by atoms with van der Waals surface area (Å²) in [7, 11) is 3.72. The first kappa shape index (κ1) is 25.4. The number of esters is 1. The third-order valence-corrected chi connectivity index (χ3v) is 6.54. The van der Waals surface area contributed by atoms with Gasteiger partial charge >= 0.3 is 5.97 Å². The predicted molar refractivity (Wildman–Crippen MR) is 121 cm³/mol. The minimum atomic E-state index is -0.659. The lowest BCUT2D eigenvalue weighted by Gasteiger charge is -2.38. The maximum absolute atomic E-state index is 13.6. The van der Waals surface area contributed by atoms with Crippen LogP contribution in [0.1, 0.15) is 54.9 Å². The van der Waals surface area contributed by atoms with Crippen LogP contribution < -0.4 is 5.32 Å². The number of likely N-dealkylation sites (tertiary alicyclic amines) is 1. The van der Waals surface area contributed by atoms with Gasteiger partial charge in [-0.25, -0.2) is 4.79 Å². The zero-order chi connectivity index (χ0) is 23.7. The minimum Gasteiger partial charge on any atom is -0.463 e. The van der Waals surface area contributed by atoms with Crippen molar-refractivity contribution < 1.29 is 19.1 Å². The van der Waals surface area contributed by atoms with Crippen LogP contribution in [0.4, 0.5) is 0 Å². The van der Waals surface area contributed by atoms with Crippen molar-refractivity contribution in [1.29, 1.82) is 0 Å². The Morgan fingerprint density at radius 2 is 1.87 bits per heavy atom. The molecule has 1 saturated heterocycles. The third-order valence-electron chi connectivity index (χ3n) is 6.54. The normalized spacial score (nSPS) is 25.6. The Balaban J connectivity index is 2.21. The number of carbonyl (C=O) groups excluding carboxylic acids is 3. The summed E-state index contributed by atoms with van der Waals surface area (Å²) >= 11 is 0. The number of hydrogen-bond acceptors (Lipinski definition) is 5. The van der Waals surface area contributed by atoms with E-state index in [1.54, 1.807) is 31.9 Å². The minimum absolute atomic E-state index is 0.0616. The molecule has 1 saturated carbocycles. The number of nitrogens with zero attached hydrogens (tertiary/aromatic N) is 2. The fourth-order valence-corrected chi connectivity index (χ4v) is 4.62. The Morgan fingerprint density at radius 1 is 1.26 bits per heavy atom. The molecule has 31 heavy (non-hydrogen) atoms. The van der Waals surface area contributed by atoms with E-state index in [4.69, 9.17) is 4.74 Å². The lowest BCUT2D eigenvalue weighted by molar-refractivity contribution is -0.141. The van der Waals surface area contributed by atoms with Gasteiger partial charge in [-0.1, -0.05) is 40.7 Å². The van der Waals surface area contributed by atoms with Gasteiger partial charge in [0, 0.05) is 19.2 Å². The first-order chi connectivity index (χ1) is 14.3. The van der Waals surface area contributed by atoms with Crippen molar-refractivity contribution >= 4 is 17.8 Å². The fourth-order valence-electron chi connectivity index (χ4n) is 4.62. The van der Waals surface area contributed by atoms with E-state index in [1.165, 1.54) is 0 Å². The van der Waals surface area contributed by atoms with Crippen molar-refractivity contribution in [3.05, 3.63) is 11.6 Å². The third kappa shape index (κ3) is 5.88. The standard InChI is InChI=1S/C24H41N3O4/c1-10-31-23(30)15(4)11-18(14(2)3)27(9)22(29)20(24(5,6)7)25-21(28)19-17-12-16(17)13-26(19)8/h11,14,16-20H,10,12-13H2,1-9H3,(H,25,28)/b15-11+/t16-,17-,18-,19-,20-/m1/s1. The van der Waals surface area contributed by atoms with Crippen LogP contribution in [0.5, 0.6) is 0 Å². The van der Waals surface area contributed by atoms with Crippen LogP contribution in [-0.4, -0.2) is 73.0 Å². The fraction of sp³-hybridized carbons (Fsp3) is 0.792. The molecule has 1 N–H and O–H groups in total. The van der Waals surface area contributed by atoms with Crippen LogP contribution in [0, 0.1) is 23.2 Å². The van der Waals surface area contributed by atoms with Crippen LogP contribution in [-0.2, 0) is 19.1 Å². The van der Waals surface area contributed by atoms with Gasteiger partial charge in [0.2, 0.25) is 11.8 Å². The SMILES string of the molecule is CCOC(=O)/C(C)=C/[C@H](C(C)C)N(C)C(=O)[C@@H](NC(=O)[C@H]1[C@@H]2C[C@@H]2CN1C)C(C)(C)C. The van der Waals surface area contributed by atoms with Crippen LogP contribution in [0.15, 0.2) is 11.6 Å². The predicted octanol–water partition coefficient (Wildman–Crippen LogP) is 2.46. The second-order valence-corrected chi connectivity index (χ2v) is 10.6. The summed E-state index contributed by atoms with van der Waals surface area (Å²) in [6.07, 6.45) is 2.89. The molecule has 1 aliphatic carbocycles. The number of nitrogens with one attached hydrogen (secondary N) is 1. The number of piperidine rings is 1. The van der Waals surface area contributed by atoms with Gasteiger partial charge in [0.05, 0.1) is 18.7 Å². The number of carbonyl (C=O) groups is 3. The molecule has 0 aromatic carbocycles. The molecule has 0 unspecified atom stereocenters. The van der Waals surface area contributed by atoms with Crippen LogP contribution in [0.3, 0.4) is 0 Å². The second kappa shape index (κ2) is 9.72. The van der Waals surface area contributed by atoms with Gasteiger partial charge in [-0.15, -0.1) is 0 Å². The van der Waals surface area contributed by atoms with Gasteiger partial charge in [0.1, 0.15) is 6.04 Å². The highest BCUT2D eigenvalue weighted by Gasteiger charge is 2.54. The topological polar surface area (TPSA) is 79.0 Å². The Kier molecular flexibility index (Phi) is 7.95. The summed E-state index contributed by atoms with van der Waals surface area (Å²) in [4.78, 5) is 42.6. The van der Waals surface area contributed by atoms with Gasteiger partial charge < -0.3 is 15.0 Å². The van der Waals surface area contributed by atoms with Crippen LogP contribution in [0.2, 0.25) is 0 Å². The van der Waals surface area contributed by atoms with Gasteiger partial charge in [-0.05, 0) is 50.5 Å². The Bertz CT molecular complexity index is 723. The first-order valence-electron chi connectivity index (χ1n) is 11.4. The molecule has 7 nitrogen and oxygen atoms in total. The molecule has 176 valence electrons. The Morgan fingerprint density at radius 3 is 2.32 bits per heavy atom. The monoisotopic (exact) mass is 435 g/mol. The van der Waals surface area contributed by atoms with E-state index < -0.39 is 11.5 Å². The van der Waals surface area contributed by atoms with Crippen LogP contribution in [0.25, 0.3) is 0 Å². The van der Waals surface area contributed by atoms with Crippen molar-refractivity contribution in [3.63, 3.8) is 0 Å². The molecule has 0 bridgehead atoms. The molecule has 0 aromatic rings. The van der Waals surface area contributed by atoms with Crippen molar-refractivity contribution in [2.45, 2.75) is 73.0 Å². The number of likely N-dealkylation sites (N-methyl/N-ethyl adjacent to an activating group) is 2. The molecular weight excluding hydrogens is 394 g/mol. The average Bonchev–Trinajstić information content (AvgIpc) is 3.32. The summed E-state index contributed by atoms with van der Waals surface area (Å²) in [6.45, 7) is 14.6. The lowest BCUT2D eigenvalue weighted by Crippen LogP contribution is -2.59. The van der Waals surface area contributed by atoms with Gasteiger partial charge in [-0.3, -0.25) is 14.5 Å². The van der Waals surface area contributed by atoms with Gasteiger partial charge in [0.15, 0.2) is 0 Å². The zero-order valence-electron chi connectivity index (χ0n) is 20.7. The number of ether oxygens (including phenoxy) is 1. The summed E-state index contributed by atoms with van der Waals surface area (Å²) < 4.78 is 5.09. The molecule has 1 heterocycles. The highest BCUT2D eigenvalue weighted by atomic mass is 16.5. The molecule has 1 aliphatic heterocycles. The van der Waals surface area contributed by atoms with E-state index in [0.29, 0.717) is 24.0 Å². The largest absolute Gasteiger partial charge is 0.463 e. The van der Waals surface area contributed by atoms with E-state index in [0.717, 1.165) is 13.0 Å². The van der Waals surface area contributed by atoms with Crippen molar-refractivity contribution in [3.8, 4) is 0 Å². The van der Waals surface area contributed by atoms with Crippen LogP contribution >= 0.6 is 0 Å². The summed E-state index contributed by atoms with van der Waals surface area (Å²) in [5, 5.41) is 3.07. The molecule has 0 aromatic heterocycles. The van der Waals surface area contributed by atoms with E-state index in [-0.39, 0.29) is 35.8 Å². The van der Waals surface area contributed by atoms with E-state index >= 15 is 0 Å². The zero-order valence-corrected chi connectivity index (χ0v) is 20.7. The summed E-state index contributed by atoms with van der Waals surface area (Å²) in [5.41, 5.74) is 0.0200. The highest BCUT2D eigenvalue weighted by molar-refractivity contribution is 5.91. The molecule has 2 fully saturated rings. The molecule has 2 amide bonds. The maximum Gasteiger partial charge on any atom is 0.333 e. The Labute approximate surface area is 187 Å². The van der Waals surface area contributed by atoms with E-state index in [2.05, 4.69) is 10.2 Å². The molecule has 5 atom stereocenters. The van der Waals surface area contributed by atoms with Gasteiger partial charge in [-0.2, -0.15) is 0 Å². The van der Waals surface area contributed by atoms with Crippen molar-refractivity contribution in [2.24, 2.45) is 23.2 Å². The maximum atomic E-state index is 13.6. The Hall–Kier alpha value is -1.89. The van der Waals surface area contributed by atoms with E-state index in [1.807, 2.05) is 41.7 Å². The average molecular weight is 436 g/mol. The second-order valence-electron chi connectivity index (χ2n) is 10.6. The molecule has 7 heteroatoms. The van der Waals surface area contributed by atoms with Gasteiger partial charge in [0.25, 0.3) is 0 Å².